The van der Waals surface area contributed by atoms with Crippen molar-refractivity contribution in [2.24, 2.45) is 0 Å². The van der Waals surface area contributed by atoms with Crippen molar-refractivity contribution in [1.29, 1.82) is 0 Å². The van der Waals surface area contributed by atoms with Crippen LogP contribution in [0.5, 0.6) is 5.75 Å². The number of carbonyl (C=O) groups excluding carboxylic acids is 2. The van der Waals surface area contributed by atoms with Gasteiger partial charge in [-0.25, -0.2) is 9.97 Å². The number of thioether (sulfide) groups is 1. The van der Waals surface area contributed by atoms with Gasteiger partial charge in [0.25, 0.3) is 0 Å². The molecule has 1 atom stereocenters. The van der Waals surface area contributed by atoms with Crippen molar-refractivity contribution < 1.29 is 14.3 Å². The highest BCUT2D eigenvalue weighted by Gasteiger charge is 2.28. The Balaban J connectivity index is 2.03. The maximum atomic E-state index is 12.3. The standard InChI is InChI=1S/C17H18N6O3S/c1-10(24)14(17(25)22(2)3)27-16-13-15(18-9-19-16)23(21-20-13)11-6-5-7-12(8-11)26-4/h5-9,14H,1-4H3/t14-/m1/s1. The zero-order valence-electron chi connectivity index (χ0n) is 15.3. The molecule has 0 saturated heterocycles. The van der Waals surface area contributed by atoms with E-state index in [2.05, 4.69) is 20.3 Å². The predicted octanol–water partition coefficient (Wildman–Crippen LogP) is 1.36. The lowest BCUT2D eigenvalue weighted by Gasteiger charge is -2.17. The van der Waals surface area contributed by atoms with Gasteiger partial charge in [-0.2, -0.15) is 4.68 Å². The van der Waals surface area contributed by atoms with Gasteiger partial charge in [0, 0.05) is 20.2 Å². The maximum Gasteiger partial charge on any atom is 0.243 e. The molecule has 1 amide bonds. The fourth-order valence-corrected chi connectivity index (χ4v) is 3.44. The summed E-state index contributed by atoms with van der Waals surface area (Å²) in [5.41, 5.74) is 1.61. The lowest BCUT2D eigenvalue weighted by molar-refractivity contribution is -0.132. The zero-order valence-corrected chi connectivity index (χ0v) is 16.1. The molecule has 140 valence electrons. The molecule has 0 fully saturated rings. The number of ether oxygens (including phenoxy) is 1. The topological polar surface area (TPSA) is 103 Å². The first-order chi connectivity index (χ1) is 12.9. The highest BCUT2D eigenvalue weighted by Crippen LogP contribution is 2.29. The molecule has 1 aromatic carbocycles. The minimum absolute atomic E-state index is 0.259. The van der Waals surface area contributed by atoms with E-state index in [1.54, 1.807) is 32.0 Å². The van der Waals surface area contributed by atoms with Gasteiger partial charge in [-0.3, -0.25) is 9.59 Å². The molecular formula is C17H18N6O3S. The van der Waals surface area contributed by atoms with Crippen molar-refractivity contribution in [2.45, 2.75) is 17.2 Å². The van der Waals surface area contributed by atoms with Crippen LogP contribution in [0, 0.1) is 0 Å². The first-order valence-electron chi connectivity index (χ1n) is 8.01. The number of methoxy groups -OCH3 is 1. The zero-order chi connectivity index (χ0) is 19.6. The molecule has 0 spiro atoms. The van der Waals surface area contributed by atoms with E-state index < -0.39 is 5.25 Å². The number of ketones is 1. The van der Waals surface area contributed by atoms with Crippen LogP contribution in [0.15, 0.2) is 35.6 Å². The van der Waals surface area contributed by atoms with Crippen molar-refractivity contribution >= 4 is 34.6 Å². The number of aromatic nitrogens is 5. The number of benzene rings is 1. The second-order valence-corrected chi connectivity index (χ2v) is 6.99. The van der Waals surface area contributed by atoms with Gasteiger partial charge in [-0.1, -0.05) is 23.0 Å². The lowest BCUT2D eigenvalue weighted by atomic mass is 10.3. The van der Waals surface area contributed by atoms with Crippen molar-refractivity contribution in [2.75, 3.05) is 21.2 Å². The van der Waals surface area contributed by atoms with E-state index in [0.29, 0.717) is 21.9 Å². The van der Waals surface area contributed by atoms with E-state index in [1.165, 1.54) is 18.2 Å². The molecule has 0 radical (unpaired) electrons. The predicted molar refractivity (Wildman–Crippen MR) is 100 cm³/mol. The van der Waals surface area contributed by atoms with E-state index in [1.807, 2.05) is 18.2 Å². The van der Waals surface area contributed by atoms with Crippen molar-refractivity contribution in [3.63, 3.8) is 0 Å². The van der Waals surface area contributed by atoms with E-state index in [4.69, 9.17) is 4.74 Å². The number of carbonyl (C=O) groups is 2. The molecule has 0 N–H and O–H groups in total. The highest BCUT2D eigenvalue weighted by atomic mass is 32.2. The molecule has 2 aromatic heterocycles. The van der Waals surface area contributed by atoms with E-state index in [-0.39, 0.29) is 11.7 Å². The number of amides is 1. The quantitative estimate of drug-likeness (QED) is 0.355. The Bertz CT molecular complexity index is 1000. The average Bonchev–Trinajstić information content (AvgIpc) is 3.10. The monoisotopic (exact) mass is 386 g/mol. The Hall–Kier alpha value is -3.01. The Morgan fingerprint density at radius 2 is 2.04 bits per heavy atom. The second kappa shape index (κ2) is 7.70. The molecule has 10 heteroatoms. The van der Waals surface area contributed by atoms with Gasteiger partial charge in [-0.05, 0) is 19.1 Å². The number of nitrogens with zero attached hydrogens (tertiary/aromatic N) is 6. The number of hydrogen-bond acceptors (Lipinski definition) is 8. The van der Waals surface area contributed by atoms with Crippen LogP contribution in [0.3, 0.4) is 0 Å². The molecule has 2 heterocycles. The van der Waals surface area contributed by atoms with Gasteiger partial charge in [0.2, 0.25) is 5.91 Å². The van der Waals surface area contributed by atoms with Gasteiger partial charge in [0.1, 0.15) is 22.4 Å². The molecule has 0 saturated carbocycles. The highest BCUT2D eigenvalue weighted by molar-refractivity contribution is 8.01. The van der Waals surface area contributed by atoms with Crippen molar-refractivity contribution in [3.8, 4) is 11.4 Å². The van der Waals surface area contributed by atoms with Crippen LogP contribution in [-0.2, 0) is 9.59 Å². The summed E-state index contributed by atoms with van der Waals surface area (Å²) in [4.78, 5) is 34.1. The molecule has 27 heavy (non-hydrogen) atoms. The Labute approximate surface area is 159 Å². The molecule has 3 rings (SSSR count). The minimum Gasteiger partial charge on any atom is -0.497 e. The molecule has 3 aromatic rings. The number of rotatable bonds is 6. The van der Waals surface area contributed by atoms with E-state index >= 15 is 0 Å². The van der Waals surface area contributed by atoms with Crippen LogP contribution in [0.25, 0.3) is 16.9 Å². The molecule has 0 aliphatic rings. The Morgan fingerprint density at radius 1 is 1.26 bits per heavy atom. The third-order valence-electron chi connectivity index (χ3n) is 3.77. The van der Waals surface area contributed by atoms with Gasteiger partial charge >= 0.3 is 0 Å². The molecule has 0 bridgehead atoms. The Morgan fingerprint density at radius 3 is 2.70 bits per heavy atom. The molecule has 9 nitrogen and oxygen atoms in total. The summed E-state index contributed by atoms with van der Waals surface area (Å²) in [5.74, 6) is 0.109. The summed E-state index contributed by atoms with van der Waals surface area (Å²) in [6, 6.07) is 7.31. The van der Waals surface area contributed by atoms with Crippen LogP contribution in [-0.4, -0.2) is 68.0 Å². The van der Waals surface area contributed by atoms with Crippen molar-refractivity contribution in [3.05, 3.63) is 30.6 Å². The summed E-state index contributed by atoms with van der Waals surface area (Å²) in [5, 5.41) is 7.82. The summed E-state index contributed by atoms with van der Waals surface area (Å²) < 4.78 is 6.79. The SMILES string of the molecule is COc1cccc(-n2nnc3c(S[C@H](C(C)=O)C(=O)N(C)C)ncnc32)c1. The van der Waals surface area contributed by atoms with Gasteiger partial charge in [0.15, 0.2) is 16.9 Å². The van der Waals surface area contributed by atoms with Crippen LogP contribution >= 0.6 is 11.8 Å². The van der Waals surface area contributed by atoms with Crippen LogP contribution in [0.4, 0.5) is 0 Å². The fraction of sp³-hybridized carbons (Fsp3) is 0.294. The number of Topliss-reactive ketones (excluding diaryl/α,β-unsaturated/α-hetero) is 1. The summed E-state index contributed by atoms with van der Waals surface area (Å²) in [7, 11) is 4.79. The first kappa shape index (κ1) is 18.8. The molecule has 0 aliphatic carbocycles. The maximum absolute atomic E-state index is 12.3. The minimum atomic E-state index is -0.903. The van der Waals surface area contributed by atoms with E-state index in [0.717, 1.165) is 17.4 Å². The molecule has 0 unspecified atom stereocenters. The summed E-state index contributed by atoms with van der Waals surface area (Å²) >= 11 is 1.05. The molecular weight excluding hydrogens is 368 g/mol. The van der Waals surface area contributed by atoms with Crippen LogP contribution < -0.4 is 4.74 Å². The van der Waals surface area contributed by atoms with Gasteiger partial charge < -0.3 is 9.64 Å². The van der Waals surface area contributed by atoms with Gasteiger partial charge in [0.05, 0.1) is 12.8 Å². The summed E-state index contributed by atoms with van der Waals surface area (Å²) in [6.45, 7) is 1.38. The number of hydrogen-bond donors (Lipinski definition) is 0. The largest absolute Gasteiger partial charge is 0.497 e. The normalized spacial score (nSPS) is 12.0. The smallest absolute Gasteiger partial charge is 0.243 e. The molecule has 0 aliphatic heterocycles. The number of fused-ring (bicyclic) bond motifs is 1. The first-order valence-corrected chi connectivity index (χ1v) is 8.89. The summed E-state index contributed by atoms with van der Waals surface area (Å²) in [6.07, 6.45) is 1.36. The second-order valence-electron chi connectivity index (χ2n) is 5.89. The lowest BCUT2D eigenvalue weighted by Crippen LogP contribution is -2.36. The van der Waals surface area contributed by atoms with Crippen LogP contribution in [0.2, 0.25) is 0 Å². The third kappa shape index (κ3) is 3.75. The average molecular weight is 386 g/mol. The van der Waals surface area contributed by atoms with Crippen LogP contribution in [0.1, 0.15) is 6.92 Å². The third-order valence-corrected chi connectivity index (χ3v) is 5.06. The Kier molecular flexibility index (Phi) is 5.36. The fourth-order valence-electron chi connectivity index (χ4n) is 2.38. The van der Waals surface area contributed by atoms with Crippen molar-refractivity contribution in [1.82, 2.24) is 29.9 Å². The van der Waals surface area contributed by atoms with Gasteiger partial charge in [-0.15, -0.1) is 5.10 Å². The van der Waals surface area contributed by atoms with E-state index in [9.17, 15) is 9.59 Å².